The Labute approximate surface area is 111 Å². The molecule has 2 aliphatic rings. The monoisotopic (exact) mass is 253 g/mol. The van der Waals surface area contributed by atoms with Crippen LogP contribution in [0.1, 0.15) is 39.5 Å². The fraction of sp³-hybridized carbons (Fsp3) is 0.929. The topological polar surface area (TPSA) is 35.6 Å². The van der Waals surface area contributed by atoms with E-state index in [1.165, 1.54) is 19.3 Å². The fourth-order valence-corrected chi connectivity index (χ4v) is 3.19. The Bertz CT molecular complexity index is 282. The highest BCUT2D eigenvalue weighted by molar-refractivity contribution is 5.78. The van der Waals surface area contributed by atoms with E-state index in [0.717, 1.165) is 32.6 Å². The lowest BCUT2D eigenvalue weighted by atomic mass is 10.00. The average Bonchev–Trinajstić information content (AvgIpc) is 2.38. The molecule has 0 spiro atoms. The maximum atomic E-state index is 12.4. The minimum Gasteiger partial charge on any atom is -0.339 e. The third-order valence-corrected chi connectivity index (χ3v) is 4.23. The van der Waals surface area contributed by atoms with Gasteiger partial charge in [0.25, 0.3) is 0 Å². The van der Waals surface area contributed by atoms with E-state index in [1.54, 1.807) is 0 Å². The molecule has 1 N–H and O–H groups in total. The van der Waals surface area contributed by atoms with Gasteiger partial charge in [0, 0.05) is 38.3 Å². The Balaban J connectivity index is 1.85. The second-order valence-electron chi connectivity index (χ2n) is 5.74. The number of nitrogens with zero attached hydrogens (tertiary/aromatic N) is 2. The highest BCUT2D eigenvalue weighted by atomic mass is 16.2. The predicted octanol–water partition coefficient (Wildman–Crippen LogP) is 1.07. The zero-order valence-corrected chi connectivity index (χ0v) is 11.8. The Morgan fingerprint density at radius 3 is 2.89 bits per heavy atom. The van der Waals surface area contributed by atoms with Gasteiger partial charge in [0.1, 0.15) is 0 Å². The lowest BCUT2D eigenvalue weighted by Crippen LogP contribution is -2.54. The normalized spacial score (nSPS) is 30.4. The molecule has 2 saturated heterocycles. The number of carbonyl (C=O) groups is 1. The zero-order valence-electron chi connectivity index (χ0n) is 11.8. The lowest BCUT2D eigenvalue weighted by Gasteiger charge is -2.38. The SMILES string of the molecule is CCC1CCCCN1C(=O)CN1CCNC(C)C1. The van der Waals surface area contributed by atoms with Crippen LogP contribution in [-0.2, 0) is 4.79 Å². The Hall–Kier alpha value is -0.610. The molecule has 2 unspecified atom stereocenters. The number of nitrogens with one attached hydrogen (secondary N) is 1. The van der Waals surface area contributed by atoms with Crippen LogP contribution in [0.5, 0.6) is 0 Å². The summed E-state index contributed by atoms with van der Waals surface area (Å²) in [4.78, 5) is 16.8. The number of amides is 1. The van der Waals surface area contributed by atoms with E-state index >= 15 is 0 Å². The molecule has 2 fully saturated rings. The van der Waals surface area contributed by atoms with Crippen molar-refractivity contribution in [1.29, 1.82) is 0 Å². The number of likely N-dealkylation sites (tertiary alicyclic amines) is 1. The molecule has 2 atom stereocenters. The van der Waals surface area contributed by atoms with E-state index in [4.69, 9.17) is 0 Å². The molecule has 1 amide bonds. The molecule has 0 saturated carbocycles. The quantitative estimate of drug-likeness (QED) is 0.817. The summed E-state index contributed by atoms with van der Waals surface area (Å²) >= 11 is 0. The third-order valence-electron chi connectivity index (χ3n) is 4.23. The summed E-state index contributed by atoms with van der Waals surface area (Å²) in [5, 5.41) is 3.42. The van der Waals surface area contributed by atoms with Gasteiger partial charge < -0.3 is 10.2 Å². The number of piperidine rings is 1. The van der Waals surface area contributed by atoms with E-state index < -0.39 is 0 Å². The van der Waals surface area contributed by atoms with E-state index in [-0.39, 0.29) is 0 Å². The molecule has 0 bridgehead atoms. The molecule has 2 rings (SSSR count). The summed E-state index contributed by atoms with van der Waals surface area (Å²) in [7, 11) is 0. The van der Waals surface area contributed by atoms with Gasteiger partial charge in [0.15, 0.2) is 0 Å². The van der Waals surface area contributed by atoms with Crippen LogP contribution in [-0.4, -0.2) is 60.5 Å². The smallest absolute Gasteiger partial charge is 0.236 e. The average molecular weight is 253 g/mol. The molecule has 0 aromatic rings. The number of piperazine rings is 1. The summed E-state index contributed by atoms with van der Waals surface area (Å²) in [6.45, 7) is 8.97. The van der Waals surface area contributed by atoms with Gasteiger partial charge in [0.2, 0.25) is 5.91 Å². The van der Waals surface area contributed by atoms with Crippen molar-refractivity contribution < 1.29 is 4.79 Å². The first-order chi connectivity index (χ1) is 8.70. The van der Waals surface area contributed by atoms with Crippen LogP contribution < -0.4 is 5.32 Å². The molecule has 0 aliphatic carbocycles. The van der Waals surface area contributed by atoms with Gasteiger partial charge in [-0.25, -0.2) is 0 Å². The molecule has 2 aliphatic heterocycles. The third kappa shape index (κ3) is 3.45. The van der Waals surface area contributed by atoms with Gasteiger partial charge in [0.05, 0.1) is 6.54 Å². The van der Waals surface area contributed by atoms with Gasteiger partial charge in [-0.3, -0.25) is 9.69 Å². The number of hydrogen-bond donors (Lipinski definition) is 1. The van der Waals surface area contributed by atoms with Crippen molar-refractivity contribution in [2.45, 2.75) is 51.6 Å². The second kappa shape index (κ2) is 6.53. The molecule has 4 nitrogen and oxygen atoms in total. The van der Waals surface area contributed by atoms with Crippen molar-refractivity contribution in [2.24, 2.45) is 0 Å². The van der Waals surface area contributed by atoms with Gasteiger partial charge >= 0.3 is 0 Å². The number of carbonyl (C=O) groups excluding carboxylic acids is 1. The Morgan fingerprint density at radius 1 is 1.33 bits per heavy atom. The van der Waals surface area contributed by atoms with Gasteiger partial charge in [-0.1, -0.05) is 6.92 Å². The van der Waals surface area contributed by atoms with Crippen LogP contribution in [0.25, 0.3) is 0 Å². The first kappa shape index (κ1) is 13.8. The van der Waals surface area contributed by atoms with Crippen LogP contribution in [0.2, 0.25) is 0 Å². The summed E-state index contributed by atoms with van der Waals surface area (Å²) in [6, 6.07) is 1.00. The van der Waals surface area contributed by atoms with E-state index in [1.807, 2.05) is 0 Å². The van der Waals surface area contributed by atoms with Crippen molar-refractivity contribution in [3.8, 4) is 0 Å². The highest BCUT2D eigenvalue weighted by Crippen LogP contribution is 2.19. The van der Waals surface area contributed by atoms with Crippen molar-refractivity contribution in [3.63, 3.8) is 0 Å². The predicted molar refractivity (Wildman–Crippen MR) is 73.5 cm³/mol. The molecule has 0 radical (unpaired) electrons. The molecule has 2 heterocycles. The molecule has 4 heteroatoms. The highest BCUT2D eigenvalue weighted by Gasteiger charge is 2.27. The van der Waals surface area contributed by atoms with E-state index in [0.29, 0.717) is 24.5 Å². The van der Waals surface area contributed by atoms with Crippen LogP contribution in [0.3, 0.4) is 0 Å². The van der Waals surface area contributed by atoms with Crippen molar-refractivity contribution in [1.82, 2.24) is 15.1 Å². The minimum atomic E-state index is 0.343. The van der Waals surface area contributed by atoms with Gasteiger partial charge in [-0.2, -0.15) is 0 Å². The van der Waals surface area contributed by atoms with Gasteiger partial charge in [-0.05, 0) is 32.6 Å². The molecular formula is C14H27N3O. The summed E-state index contributed by atoms with van der Waals surface area (Å²) in [5.74, 6) is 0.343. The van der Waals surface area contributed by atoms with Crippen molar-refractivity contribution in [2.75, 3.05) is 32.7 Å². The molecule has 104 valence electrons. The first-order valence-electron chi connectivity index (χ1n) is 7.46. The van der Waals surface area contributed by atoms with Crippen molar-refractivity contribution >= 4 is 5.91 Å². The van der Waals surface area contributed by atoms with Crippen LogP contribution in [0.15, 0.2) is 0 Å². The largest absolute Gasteiger partial charge is 0.339 e. The van der Waals surface area contributed by atoms with Crippen LogP contribution in [0, 0.1) is 0 Å². The molecule has 0 aromatic carbocycles. The van der Waals surface area contributed by atoms with E-state index in [9.17, 15) is 4.79 Å². The second-order valence-corrected chi connectivity index (χ2v) is 5.74. The number of rotatable bonds is 3. The molecular weight excluding hydrogens is 226 g/mol. The first-order valence-corrected chi connectivity index (χ1v) is 7.46. The summed E-state index contributed by atoms with van der Waals surface area (Å²) in [6.07, 6.45) is 4.76. The minimum absolute atomic E-state index is 0.343. The summed E-state index contributed by atoms with van der Waals surface area (Å²) < 4.78 is 0. The number of hydrogen-bond acceptors (Lipinski definition) is 3. The fourth-order valence-electron chi connectivity index (χ4n) is 3.19. The molecule has 0 aromatic heterocycles. The van der Waals surface area contributed by atoms with Crippen LogP contribution >= 0.6 is 0 Å². The zero-order chi connectivity index (χ0) is 13.0. The summed E-state index contributed by atoms with van der Waals surface area (Å²) in [5.41, 5.74) is 0. The molecule has 18 heavy (non-hydrogen) atoms. The lowest BCUT2D eigenvalue weighted by molar-refractivity contribution is -0.136. The maximum absolute atomic E-state index is 12.4. The van der Waals surface area contributed by atoms with Crippen molar-refractivity contribution in [3.05, 3.63) is 0 Å². The standard InChI is InChI=1S/C14H27N3O/c1-3-13-6-4-5-8-17(13)14(18)11-16-9-7-15-12(2)10-16/h12-13,15H,3-11H2,1-2H3. The van der Waals surface area contributed by atoms with Gasteiger partial charge in [-0.15, -0.1) is 0 Å². The Morgan fingerprint density at radius 2 is 2.17 bits per heavy atom. The van der Waals surface area contributed by atoms with E-state index in [2.05, 4.69) is 29.0 Å². The van der Waals surface area contributed by atoms with Crippen LogP contribution in [0.4, 0.5) is 0 Å². The maximum Gasteiger partial charge on any atom is 0.236 e. The Kier molecular flexibility index (Phi) is 5.01.